The maximum absolute atomic E-state index is 14.0. The summed E-state index contributed by atoms with van der Waals surface area (Å²) in [6.45, 7) is 6.49. The number of nitrogens with zero attached hydrogens (tertiary/aromatic N) is 2. The van der Waals surface area contributed by atoms with Gasteiger partial charge in [0.1, 0.15) is 0 Å². The molecule has 2 heterocycles. The molecule has 0 radical (unpaired) electrons. The topological polar surface area (TPSA) is 32.7 Å². The zero-order chi connectivity index (χ0) is 28.9. The van der Waals surface area contributed by atoms with Gasteiger partial charge in [0.05, 0.1) is 10.4 Å². The molecule has 42 heavy (non-hydrogen) atoms. The molecule has 0 fully saturated rings. The smallest absolute Gasteiger partial charge is 0.219 e. The lowest BCUT2D eigenvalue weighted by Gasteiger charge is -2.38. The maximum atomic E-state index is 14.0. The molecule has 5 heteroatoms. The summed E-state index contributed by atoms with van der Waals surface area (Å²) >= 11 is 3.44. The Morgan fingerprint density at radius 3 is 1.74 bits per heavy atom. The Morgan fingerprint density at radius 2 is 1.14 bits per heavy atom. The fourth-order valence-corrected chi connectivity index (χ4v) is 9.96. The van der Waals surface area contributed by atoms with E-state index < -0.39 is 8.95 Å². The predicted molar refractivity (Wildman–Crippen MR) is 177 cm³/mol. The summed E-state index contributed by atoms with van der Waals surface area (Å²) < 4.78 is -1.24. The first-order valence-electron chi connectivity index (χ1n) is 14.1. The number of rotatable bonds is 5. The highest BCUT2D eigenvalue weighted by atomic mass is 32.2. The number of anilines is 1. The summed E-state index contributed by atoms with van der Waals surface area (Å²) in [6, 6.07) is 44.1. The summed E-state index contributed by atoms with van der Waals surface area (Å²) in [5.74, 6) is -0.0584. The molecule has 0 saturated carbocycles. The van der Waals surface area contributed by atoms with Gasteiger partial charge in [-0.25, -0.2) is 5.01 Å². The molecular formula is C37H30N2OS2. The molecule has 2 aliphatic heterocycles. The minimum absolute atomic E-state index is 0.0584. The third-order valence-corrected chi connectivity index (χ3v) is 11.5. The van der Waals surface area contributed by atoms with E-state index in [4.69, 9.17) is 5.10 Å². The molecular weight excluding hydrogens is 553 g/mol. The van der Waals surface area contributed by atoms with E-state index in [1.54, 1.807) is 11.8 Å². The van der Waals surface area contributed by atoms with Crippen LogP contribution in [-0.4, -0.2) is 10.8 Å². The van der Waals surface area contributed by atoms with Crippen molar-refractivity contribution in [2.45, 2.75) is 29.7 Å². The van der Waals surface area contributed by atoms with E-state index in [-0.39, 0.29) is 5.78 Å². The van der Waals surface area contributed by atoms with Gasteiger partial charge < -0.3 is 0 Å². The van der Waals surface area contributed by atoms with Crippen molar-refractivity contribution >= 4 is 40.0 Å². The zero-order valence-electron chi connectivity index (χ0n) is 23.7. The number of hydrazone groups is 1. The molecule has 0 aliphatic carbocycles. The van der Waals surface area contributed by atoms with Crippen LogP contribution >= 0.6 is 23.5 Å². The predicted octanol–water partition coefficient (Wildman–Crippen LogP) is 9.21. The Kier molecular flexibility index (Phi) is 6.60. The number of aryl methyl sites for hydroxylation is 3. The number of thioether (sulfide) groups is 2. The highest BCUT2D eigenvalue weighted by Crippen LogP contribution is 2.71. The van der Waals surface area contributed by atoms with E-state index in [0.29, 0.717) is 10.6 Å². The highest BCUT2D eigenvalue weighted by molar-refractivity contribution is 8.27. The molecule has 1 spiro atoms. The minimum atomic E-state index is -0.712. The molecule has 0 bridgehead atoms. The highest BCUT2D eigenvalue weighted by Gasteiger charge is 2.62. The molecule has 206 valence electrons. The number of Topliss-reactive ketones (excluding diaryl/α,β-unsaturated/α-hetero) is 1. The maximum Gasteiger partial charge on any atom is 0.219 e. The standard InChI is InChI=1S/C37H30N2OS2/c1-25-21-23-29(24-22-25)39-37(41-35(38-39)34(40)28-15-5-4-6-16-28)33-20-12-11-19-32(33)36(42-37,30-17-9-7-13-26(30)2)31-18-10-8-14-27(31)3/h4-24H,1-3H3/t37-/m0/s1. The first-order chi connectivity index (χ1) is 20.4. The van der Waals surface area contributed by atoms with Gasteiger partial charge in [0.2, 0.25) is 5.78 Å². The van der Waals surface area contributed by atoms with Crippen LogP contribution in [0, 0.1) is 20.8 Å². The van der Waals surface area contributed by atoms with Crippen LogP contribution in [0.2, 0.25) is 0 Å². The summed E-state index contributed by atoms with van der Waals surface area (Å²) in [7, 11) is 0. The van der Waals surface area contributed by atoms with E-state index in [2.05, 4.69) is 123 Å². The molecule has 0 N–H and O–H groups in total. The number of benzene rings is 5. The monoisotopic (exact) mass is 582 g/mol. The van der Waals surface area contributed by atoms with Crippen molar-refractivity contribution in [2.24, 2.45) is 5.10 Å². The van der Waals surface area contributed by atoms with Crippen molar-refractivity contribution in [2.75, 3.05) is 5.01 Å². The van der Waals surface area contributed by atoms with Crippen molar-refractivity contribution in [1.29, 1.82) is 0 Å². The molecule has 2 aliphatic rings. The second-order valence-corrected chi connectivity index (χ2v) is 13.7. The molecule has 3 nitrogen and oxygen atoms in total. The van der Waals surface area contributed by atoms with Crippen LogP contribution in [0.15, 0.2) is 132 Å². The Balaban J connectivity index is 1.51. The van der Waals surface area contributed by atoms with Gasteiger partial charge in [-0.2, -0.15) is 5.10 Å². The van der Waals surface area contributed by atoms with Crippen LogP contribution in [0.25, 0.3) is 0 Å². The molecule has 0 unspecified atom stereocenters. The number of carbonyl (C=O) groups excluding carboxylic acids is 1. The second kappa shape index (κ2) is 10.3. The molecule has 5 aromatic carbocycles. The third-order valence-electron chi connectivity index (χ3n) is 8.20. The fraction of sp³-hybridized carbons (Fsp3) is 0.135. The summed E-state index contributed by atoms with van der Waals surface area (Å²) in [4.78, 5) is 14.0. The summed E-state index contributed by atoms with van der Waals surface area (Å²) in [5, 5.41) is 7.73. The third kappa shape index (κ3) is 4.06. The van der Waals surface area contributed by atoms with Gasteiger partial charge in [-0.3, -0.25) is 4.79 Å². The first-order valence-corrected chi connectivity index (χ1v) is 15.7. The van der Waals surface area contributed by atoms with E-state index in [1.165, 1.54) is 33.4 Å². The fourth-order valence-electron chi connectivity index (χ4n) is 6.17. The molecule has 0 amide bonds. The average Bonchev–Trinajstić information content (AvgIpc) is 3.55. The van der Waals surface area contributed by atoms with Gasteiger partial charge in [0.25, 0.3) is 0 Å². The van der Waals surface area contributed by atoms with Crippen LogP contribution in [0.5, 0.6) is 0 Å². The van der Waals surface area contributed by atoms with E-state index in [0.717, 1.165) is 11.3 Å². The number of hydrogen-bond donors (Lipinski definition) is 0. The summed E-state index contributed by atoms with van der Waals surface area (Å²) in [5.41, 5.74) is 10.1. The van der Waals surface area contributed by atoms with E-state index >= 15 is 0 Å². The van der Waals surface area contributed by atoms with Gasteiger partial charge >= 0.3 is 0 Å². The van der Waals surface area contributed by atoms with Gasteiger partial charge in [-0.05, 0) is 60.7 Å². The largest absolute Gasteiger partial charge is 0.286 e. The lowest BCUT2D eigenvalue weighted by Crippen LogP contribution is -2.34. The van der Waals surface area contributed by atoms with Crippen LogP contribution in [-0.2, 0) is 8.95 Å². The van der Waals surface area contributed by atoms with Gasteiger partial charge in [0.15, 0.2) is 9.25 Å². The van der Waals surface area contributed by atoms with Crippen LogP contribution in [0.1, 0.15) is 49.3 Å². The average molecular weight is 583 g/mol. The Labute approximate surface area is 255 Å². The van der Waals surface area contributed by atoms with Gasteiger partial charge in [-0.15, -0.1) is 0 Å². The second-order valence-electron chi connectivity index (χ2n) is 10.9. The minimum Gasteiger partial charge on any atom is -0.286 e. The molecule has 0 aromatic heterocycles. The Hall–Kier alpha value is -4.06. The first kappa shape index (κ1) is 26.8. The lowest BCUT2D eigenvalue weighted by molar-refractivity contribution is 0.106. The van der Waals surface area contributed by atoms with Crippen molar-refractivity contribution in [3.8, 4) is 0 Å². The number of fused-ring (bicyclic) bond motifs is 2. The lowest BCUT2D eigenvalue weighted by atomic mass is 9.79. The van der Waals surface area contributed by atoms with Crippen LogP contribution in [0.4, 0.5) is 5.69 Å². The molecule has 1 atom stereocenters. The van der Waals surface area contributed by atoms with E-state index in [1.807, 2.05) is 42.1 Å². The van der Waals surface area contributed by atoms with Crippen molar-refractivity contribution in [3.63, 3.8) is 0 Å². The van der Waals surface area contributed by atoms with Crippen molar-refractivity contribution < 1.29 is 4.79 Å². The zero-order valence-corrected chi connectivity index (χ0v) is 25.4. The SMILES string of the molecule is Cc1ccc(N2N=C(C(=O)c3ccccc3)S[C@@]23SC(c2ccccc2C)(c2ccccc2C)c2ccccc23)cc1. The molecule has 5 aromatic rings. The van der Waals surface area contributed by atoms with Gasteiger partial charge in [0, 0.05) is 11.1 Å². The summed E-state index contributed by atoms with van der Waals surface area (Å²) in [6.07, 6.45) is 0. The van der Waals surface area contributed by atoms with Crippen LogP contribution in [0.3, 0.4) is 0 Å². The van der Waals surface area contributed by atoms with Crippen molar-refractivity contribution in [3.05, 3.63) is 172 Å². The van der Waals surface area contributed by atoms with Crippen molar-refractivity contribution in [1.82, 2.24) is 0 Å². The van der Waals surface area contributed by atoms with Crippen LogP contribution < -0.4 is 5.01 Å². The number of carbonyl (C=O) groups is 1. The van der Waals surface area contributed by atoms with E-state index in [9.17, 15) is 4.79 Å². The molecule has 0 saturated heterocycles. The Bertz CT molecular complexity index is 1800. The number of hydrogen-bond acceptors (Lipinski definition) is 5. The molecule has 7 rings (SSSR count). The number of ketones is 1. The normalized spacial score (nSPS) is 18.6. The van der Waals surface area contributed by atoms with Gasteiger partial charge in [-0.1, -0.05) is 144 Å². The Morgan fingerprint density at radius 1 is 0.619 bits per heavy atom. The quantitative estimate of drug-likeness (QED) is 0.193.